The highest BCUT2D eigenvalue weighted by molar-refractivity contribution is 7.22. The summed E-state index contributed by atoms with van der Waals surface area (Å²) in [5.74, 6) is 0.741. The topological polar surface area (TPSA) is 81.9 Å². The van der Waals surface area contributed by atoms with Gasteiger partial charge in [-0.05, 0) is 60.9 Å². The molecule has 1 amide bonds. The van der Waals surface area contributed by atoms with Crippen LogP contribution >= 0.6 is 11.3 Å². The summed E-state index contributed by atoms with van der Waals surface area (Å²) in [5.41, 5.74) is 3.12. The summed E-state index contributed by atoms with van der Waals surface area (Å²) in [5, 5.41) is 0.927. The molecular formula is C29H24N2O5S. The molecule has 0 fully saturated rings. The molecule has 0 spiro atoms. The maximum absolute atomic E-state index is 13.9. The third-order valence-electron chi connectivity index (χ3n) is 6.64. The van der Waals surface area contributed by atoms with Crippen molar-refractivity contribution in [2.45, 2.75) is 26.3 Å². The van der Waals surface area contributed by atoms with Crippen LogP contribution in [-0.4, -0.2) is 24.6 Å². The average Bonchev–Trinajstić information content (AvgIpc) is 3.47. The number of aryl methyl sites for hydroxylation is 1. The van der Waals surface area contributed by atoms with Crippen LogP contribution in [0.4, 0.5) is 5.13 Å². The molecule has 0 N–H and O–H groups in total. The van der Waals surface area contributed by atoms with E-state index in [1.807, 2.05) is 31.2 Å². The molecule has 8 heteroatoms. The van der Waals surface area contributed by atoms with Gasteiger partial charge in [0.2, 0.25) is 5.76 Å². The molecule has 5 aromatic rings. The van der Waals surface area contributed by atoms with Crippen molar-refractivity contribution < 1.29 is 18.7 Å². The molecule has 0 unspecified atom stereocenters. The predicted octanol–water partition coefficient (Wildman–Crippen LogP) is 6.12. The van der Waals surface area contributed by atoms with Crippen LogP contribution in [0.2, 0.25) is 0 Å². The molecule has 1 aliphatic rings. The van der Waals surface area contributed by atoms with E-state index in [-0.39, 0.29) is 11.2 Å². The van der Waals surface area contributed by atoms with Crippen LogP contribution < -0.4 is 19.8 Å². The lowest BCUT2D eigenvalue weighted by Crippen LogP contribution is -2.29. The number of rotatable bonds is 6. The Morgan fingerprint density at radius 1 is 1.03 bits per heavy atom. The van der Waals surface area contributed by atoms with Crippen LogP contribution in [0.5, 0.6) is 11.5 Å². The molecule has 0 bridgehead atoms. The number of aromatic nitrogens is 1. The van der Waals surface area contributed by atoms with Gasteiger partial charge in [0.1, 0.15) is 5.58 Å². The Morgan fingerprint density at radius 2 is 1.86 bits per heavy atom. The second-order valence-electron chi connectivity index (χ2n) is 8.74. The van der Waals surface area contributed by atoms with Crippen LogP contribution in [0.3, 0.4) is 0 Å². The number of hydrogen-bond donors (Lipinski definition) is 0. The summed E-state index contributed by atoms with van der Waals surface area (Å²) in [4.78, 5) is 34.1. The summed E-state index contributed by atoms with van der Waals surface area (Å²) in [6.07, 6.45) is 0.900. The maximum atomic E-state index is 13.9. The zero-order valence-corrected chi connectivity index (χ0v) is 21.4. The lowest BCUT2D eigenvalue weighted by molar-refractivity contribution is 0.0971. The molecule has 186 valence electrons. The van der Waals surface area contributed by atoms with Gasteiger partial charge in [-0.2, -0.15) is 0 Å². The first kappa shape index (κ1) is 23.2. The molecular weight excluding hydrogens is 488 g/mol. The number of carbonyl (C=O) groups excluding carboxylic acids is 1. The van der Waals surface area contributed by atoms with Gasteiger partial charge in [0.05, 0.1) is 40.9 Å². The number of carbonyl (C=O) groups is 1. The van der Waals surface area contributed by atoms with E-state index >= 15 is 0 Å². The Morgan fingerprint density at radius 3 is 2.65 bits per heavy atom. The highest BCUT2D eigenvalue weighted by Crippen LogP contribution is 2.45. The van der Waals surface area contributed by atoms with E-state index in [1.165, 1.54) is 16.9 Å². The van der Waals surface area contributed by atoms with E-state index in [0.29, 0.717) is 45.3 Å². The van der Waals surface area contributed by atoms with Gasteiger partial charge in [-0.15, -0.1) is 0 Å². The van der Waals surface area contributed by atoms with E-state index in [9.17, 15) is 9.59 Å². The molecule has 0 saturated carbocycles. The van der Waals surface area contributed by atoms with Gasteiger partial charge >= 0.3 is 0 Å². The molecule has 0 saturated heterocycles. The highest BCUT2D eigenvalue weighted by Gasteiger charge is 2.45. The Hall–Kier alpha value is -4.17. The minimum absolute atomic E-state index is 0.0371. The second-order valence-corrected chi connectivity index (χ2v) is 9.75. The zero-order valence-electron chi connectivity index (χ0n) is 20.6. The lowest BCUT2D eigenvalue weighted by Gasteiger charge is -2.23. The third-order valence-corrected chi connectivity index (χ3v) is 7.65. The Bertz CT molecular complexity index is 1740. The Kier molecular flexibility index (Phi) is 5.68. The molecule has 3 aromatic carbocycles. The molecule has 3 heterocycles. The van der Waals surface area contributed by atoms with Crippen molar-refractivity contribution in [3.8, 4) is 11.5 Å². The predicted molar refractivity (Wildman–Crippen MR) is 144 cm³/mol. The first-order chi connectivity index (χ1) is 18.0. The van der Waals surface area contributed by atoms with Gasteiger partial charge in [0.25, 0.3) is 5.91 Å². The molecule has 6 rings (SSSR count). The quantitative estimate of drug-likeness (QED) is 0.273. The second kappa shape index (κ2) is 9.05. The Labute approximate surface area is 216 Å². The molecule has 7 nitrogen and oxygen atoms in total. The molecule has 37 heavy (non-hydrogen) atoms. The van der Waals surface area contributed by atoms with E-state index < -0.39 is 11.9 Å². The zero-order chi connectivity index (χ0) is 25.7. The molecule has 1 atom stereocenters. The number of ether oxygens (including phenoxy) is 2. The SMILES string of the molecule is CCOc1ccc([C@H]2c3c(oc4ccccc4c3=O)C(=O)N2c2nc3ccc(CC)cc3s2)cc1OC. The molecule has 2 aromatic heterocycles. The van der Waals surface area contributed by atoms with Crippen LogP contribution in [0, 0.1) is 0 Å². The monoisotopic (exact) mass is 512 g/mol. The number of benzene rings is 3. The Balaban J connectivity index is 1.60. The number of thiazole rings is 1. The molecule has 0 aliphatic carbocycles. The largest absolute Gasteiger partial charge is 0.493 e. The van der Waals surface area contributed by atoms with E-state index in [1.54, 1.807) is 42.3 Å². The van der Waals surface area contributed by atoms with Crippen molar-refractivity contribution in [3.05, 3.63) is 93.3 Å². The number of anilines is 1. The van der Waals surface area contributed by atoms with Gasteiger partial charge in [0, 0.05) is 0 Å². The summed E-state index contributed by atoms with van der Waals surface area (Å²) < 4.78 is 18.3. The smallest absolute Gasteiger partial charge is 0.297 e. The summed E-state index contributed by atoms with van der Waals surface area (Å²) >= 11 is 1.42. The van der Waals surface area contributed by atoms with E-state index in [0.717, 1.165) is 16.6 Å². The number of fused-ring (bicyclic) bond motifs is 3. The van der Waals surface area contributed by atoms with Crippen molar-refractivity contribution >= 4 is 43.6 Å². The van der Waals surface area contributed by atoms with Crippen molar-refractivity contribution in [2.75, 3.05) is 18.6 Å². The van der Waals surface area contributed by atoms with E-state index in [2.05, 4.69) is 13.0 Å². The van der Waals surface area contributed by atoms with Gasteiger partial charge < -0.3 is 13.9 Å². The highest BCUT2D eigenvalue weighted by atomic mass is 32.1. The van der Waals surface area contributed by atoms with Crippen molar-refractivity contribution in [2.24, 2.45) is 0 Å². The summed E-state index contributed by atoms with van der Waals surface area (Å²) in [6, 6.07) is 17.8. The number of para-hydroxylation sites is 1. The van der Waals surface area contributed by atoms with Gasteiger partial charge in [-0.1, -0.05) is 42.5 Å². The fourth-order valence-corrected chi connectivity index (χ4v) is 5.90. The van der Waals surface area contributed by atoms with Crippen LogP contribution in [0.1, 0.15) is 47.1 Å². The third kappa shape index (κ3) is 3.67. The normalized spacial score (nSPS) is 14.9. The number of hydrogen-bond acceptors (Lipinski definition) is 7. The first-order valence-electron chi connectivity index (χ1n) is 12.1. The minimum atomic E-state index is -0.737. The van der Waals surface area contributed by atoms with Crippen LogP contribution in [0.25, 0.3) is 21.2 Å². The number of methoxy groups -OCH3 is 1. The van der Waals surface area contributed by atoms with Crippen LogP contribution in [-0.2, 0) is 6.42 Å². The van der Waals surface area contributed by atoms with Gasteiger partial charge in [-0.3, -0.25) is 14.5 Å². The first-order valence-corrected chi connectivity index (χ1v) is 12.9. The van der Waals surface area contributed by atoms with Gasteiger partial charge in [-0.25, -0.2) is 4.98 Å². The maximum Gasteiger partial charge on any atom is 0.297 e. The minimum Gasteiger partial charge on any atom is -0.493 e. The molecule has 1 aliphatic heterocycles. The van der Waals surface area contributed by atoms with Crippen molar-refractivity contribution in [1.29, 1.82) is 0 Å². The fraction of sp³-hybridized carbons (Fsp3) is 0.207. The lowest BCUT2D eigenvalue weighted by atomic mass is 9.98. The number of amides is 1. The van der Waals surface area contributed by atoms with E-state index in [4.69, 9.17) is 18.9 Å². The van der Waals surface area contributed by atoms with Gasteiger partial charge in [0.15, 0.2) is 22.1 Å². The number of nitrogens with zero attached hydrogens (tertiary/aromatic N) is 2. The summed E-state index contributed by atoms with van der Waals surface area (Å²) in [6.45, 7) is 4.48. The van der Waals surface area contributed by atoms with Crippen molar-refractivity contribution in [1.82, 2.24) is 4.98 Å². The standard InChI is InChI=1S/C29H24N2O5S/c1-4-16-10-12-19-23(14-16)37-29(30-19)31-25(17-11-13-21(35-5-2)22(15-17)34-3)24-26(32)18-8-6-7-9-20(18)36-27(24)28(31)33/h6-15,25H,4-5H2,1-3H3/t25-/m0/s1. The van der Waals surface area contributed by atoms with Crippen LogP contribution in [0.15, 0.2) is 69.9 Å². The van der Waals surface area contributed by atoms with Crippen molar-refractivity contribution in [3.63, 3.8) is 0 Å². The fourth-order valence-electron chi connectivity index (χ4n) is 4.84. The molecule has 0 radical (unpaired) electrons. The average molecular weight is 513 g/mol. The summed E-state index contributed by atoms with van der Waals surface area (Å²) in [7, 11) is 1.56.